The molecule has 2 heterocycles. The molecule has 39 heavy (non-hydrogen) atoms. The molecule has 0 amide bonds. The first-order valence-corrected chi connectivity index (χ1v) is 15.2. The lowest BCUT2D eigenvalue weighted by Gasteiger charge is -2.41. The van der Waals surface area contributed by atoms with Gasteiger partial charge in [-0.1, -0.05) is 51.9 Å². The zero-order valence-electron chi connectivity index (χ0n) is 22.7. The van der Waals surface area contributed by atoms with Gasteiger partial charge >= 0.3 is 5.97 Å². The van der Waals surface area contributed by atoms with Crippen molar-refractivity contribution < 1.29 is 36.9 Å². The Morgan fingerprint density at radius 3 is 2.26 bits per heavy atom. The summed E-state index contributed by atoms with van der Waals surface area (Å²) in [6.07, 6.45) is 2.83. The van der Waals surface area contributed by atoms with E-state index in [4.69, 9.17) is 23.7 Å². The third-order valence-corrected chi connectivity index (χ3v) is 9.33. The minimum atomic E-state index is -3.92. The highest BCUT2D eigenvalue weighted by molar-refractivity contribution is 9.11. The van der Waals surface area contributed by atoms with Gasteiger partial charge in [0.05, 0.1) is 17.0 Å². The molecule has 0 aromatic heterocycles. The highest BCUT2D eigenvalue weighted by Crippen LogP contribution is 2.41. The number of rotatable bonds is 6. The van der Waals surface area contributed by atoms with Gasteiger partial charge in [-0.3, -0.25) is 10.1 Å². The average molecular weight is 628 g/mol. The zero-order valence-corrected chi connectivity index (χ0v) is 25.1. The summed E-state index contributed by atoms with van der Waals surface area (Å²) in [5.41, 5.74) is 0.951. The van der Waals surface area contributed by atoms with E-state index < -0.39 is 70.1 Å². The predicted molar refractivity (Wildman–Crippen MR) is 145 cm³/mol. The zero-order chi connectivity index (χ0) is 28.3. The molecule has 2 fully saturated rings. The molecule has 214 valence electrons. The molecule has 4 aliphatic rings. The van der Waals surface area contributed by atoms with Crippen LogP contribution in [-0.4, -0.2) is 74.6 Å². The number of hydrogen-bond acceptors (Lipinski definition) is 9. The molecular weight excluding hydrogens is 592 g/mol. The molecule has 0 spiro atoms. The third kappa shape index (κ3) is 6.03. The third-order valence-electron chi connectivity index (χ3n) is 7.14. The van der Waals surface area contributed by atoms with Crippen LogP contribution >= 0.6 is 15.9 Å². The molecule has 2 aliphatic carbocycles. The summed E-state index contributed by atoms with van der Waals surface area (Å²) in [7, 11) is -3.92. The number of sulfonamides is 1. The number of nitrogens with one attached hydrogen (secondary N) is 2. The lowest BCUT2D eigenvalue weighted by atomic mass is 9.89. The van der Waals surface area contributed by atoms with Gasteiger partial charge in [0, 0.05) is 17.4 Å². The molecule has 2 aliphatic heterocycles. The van der Waals surface area contributed by atoms with Crippen LogP contribution in [0.1, 0.15) is 40.2 Å². The second kappa shape index (κ2) is 10.3. The smallest absolute Gasteiger partial charge is 0.303 e. The summed E-state index contributed by atoms with van der Waals surface area (Å²) in [6, 6.07) is 4.81. The van der Waals surface area contributed by atoms with Gasteiger partial charge < -0.3 is 23.7 Å². The van der Waals surface area contributed by atoms with E-state index in [1.54, 1.807) is 38.1 Å². The van der Waals surface area contributed by atoms with Gasteiger partial charge in [0.15, 0.2) is 11.6 Å². The SMILES string of the molecule is CC(=O)O[C@H]1[C@@H]2OC(C)(C)O[C@@H]2C=C[C@@H]1NC1C=C(Br)[C@H]2OC(C)(C)O[C@H]2[C@@H]1NS(=O)(=O)c1ccc(C)cc1. The van der Waals surface area contributed by atoms with Crippen molar-refractivity contribution in [3.8, 4) is 0 Å². The Labute approximate surface area is 237 Å². The molecule has 0 bridgehead atoms. The van der Waals surface area contributed by atoms with Crippen molar-refractivity contribution in [3.05, 3.63) is 52.5 Å². The number of ether oxygens (including phenoxy) is 5. The standard InChI is InChI=1S/C27H35BrN2O8S/c1-14-7-9-16(10-8-14)39(32,33)30-21-19(13-17(28)22-25(21)38-27(5,6)36-22)29-18-11-12-20-24(23(18)34-15(2)31)37-26(3,4)35-20/h7-13,18-25,29-30H,1-6H3/t18-,19?,20+,21+,22+,23+,24+,25-/m0/s1. The van der Waals surface area contributed by atoms with Crippen molar-refractivity contribution in [1.82, 2.24) is 10.0 Å². The average Bonchev–Trinajstić information content (AvgIpc) is 3.32. The maximum absolute atomic E-state index is 13.5. The second-order valence-corrected chi connectivity index (χ2v) is 13.9. The fourth-order valence-electron chi connectivity index (χ4n) is 5.56. The first-order chi connectivity index (χ1) is 18.1. The molecule has 1 aromatic carbocycles. The number of carbonyl (C=O) groups excluding carboxylic acids is 1. The number of halogens is 1. The highest BCUT2D eigenvalue weighted by Gasteiger charge is 2.54. The van der Waals surface area contributed by atoms with Crippen LogP contribution < -0.4 is 10.0 Å². The van der Waals surface area contributed by atoms with Gasteiger partial charge in [0.1, 0.15) is 30.5 Å². The summed E-state index contributed by atoms with van der Waals surface area (Å²) in [4.78, 5) is 12.2. The van der Waals surface area contributed by atoms with Crippen LogP contribution in [0.2, 0.25) is 0 Å². The van der Waals surface area contributed by atoms with Crippen LogP contribution in [0, 0.1) is 6.92 Å². The fourth-order valence-corrected chi connectivity index (χ4v) is 7.47. The van der Waals surface area contributed by atoms with E-state index in [-0.39, 0.29) is 11.0 Å². The molecular formula is C27H35BrN2O8S. The molecule has 12 heteroatoms. The van der Waals surface area contributed by atoms with Gasteiger partial charge in [-0.25, -0.2) is 13.1 Å². The van der Waals surface area contributed by atoms with Crippen molar-refractivity contribution in [1.29, 1.82) is 0 Å². The molecule has 0 radical (unpaired) electrons. The largest absolute Gasteiger partial charge is 0.458 e. The van der Waals surface area contributed by atoms with Gasteiger partial charge in [-0.2, -0.15) is 0 Å². The van der Waals surface area contributed by atoms with Gasteiger partial charge in [-0.15, -0.1) is 0 Å². The van der Waals surface area contributed by atoms with E-state index in [2.05, 4.69) is 26.0 Å². The van der Waals surface area contributed by atoms with Crippen LogP contribution in [0.25, 0.3) is 0 Å². The van der Waals surface area contributed by atoms with Crippen molar-refractivity contribution in [2.75, 3.05) is 0 Å². The molecule has 8 atom stereocenters. The Morgan fingerprint density at radius 1 is 0.949 bits per heavy atom. The van der Waals surface area contributed by atoms with Gasteiger partial charge in [-0.05, 0) is 46.8 Å². The Kier molecular flexibility index (Phi) is 7.64. The maximum atomic E-state index is 13.5. The van der Waals surface area contributed by atoms with E-state index in [0.29, 0.717) is 0 Å². The Hall–Kier alpha value is -1.64. The minimum Gasteiger partial charge on any atom is -0.458 e. The van der Waals surface area contributed by atoms with Gasteiger partial charge in [0.2, 0.25) is 10.0 Å². The summed E-state index contributed by atoms with van der Waals surface area (Å²) >= 11 is 3.62. The number of benzene rings is 1. The molecule has 2 N–H and O–H groups in total. The van der Waals surface area contributed by atoms with Crippen LogP contribution in [0.3, 0.4) is 0 Å². The first kappa shape index (κ1) is 28.9. The number of hydrogen-bond donors (Lipinski definition) is 2. The van der Waals surface area contributed by atoms with Crippen LogP contribution in [0.15, 0.2) is 51.9 Å². The quantitative estimate of drug-likeness (QED) is 0.362. The molecule has 0 saturated carbocycles. The van der Waals surface area contributed by atoms with E-state index in [0.717, 1.165) is 10.0 Å². The number of aryl methyl sites for hydroxylation is 1. The van der Waals surface area contributed by atoms with Crippen LogP contribution in [0.5, 0.6) is 0 Å². The Morgan fingerprint density at radius 2 is 1.59 bits per heavy atom. The fraction of sp³-hybridized carbons (Fsp3) is 0.593. The van der Waals surface area contributed by atoms with E-state index >= 15 is 0 Å². The Bertz CT molecular complexity index is 1280. The van der Waals surface area contributed by atoms with E-state index in [1.165, 1.54) is 6.92 Å². The number of esters is 1. The molecule has 10 nitrogen and oxygen atoms in total. The first-order valence-electron chi connectivity index (χ1n) is 12.9. The van der Waals surface area contributed by atoms with Crippen molar-refractivity contribution in [2.45, 2.75) is 107 Å². The monoisotopic (exact) mass is 626 g/mol. The summed E-state index contributed by atoms with van der Waals surface area (Å²) in [5.74, 6) is -2.23. The van der Waals surface area contributed by atoms with Crippen LogP contribution in [0.4, 0.5) is 0 Å². The summed E-state index contributed by atoms with van der Waals surface area (Å²) < 4.78 is 60.8. The molecule has 1 unspecified atom stereocenters. The normalized spacial score (nSPS) is 36.6. The van der Waals surface area contributed by atoms with Crippen molar-refractivity contribution in [2.24, 2.45) is 0 Å². The van der Waals surface area contributed by atoms with Crippen molar-refractivity contribution >= 4 is 31.9 Å². The molecule has 2 saturated heterocycles. The second-order valence-electron chi connectivity index (χ2n) is 11.3. The van der Waals surface area contributed by atoms with E-state index in [1.807, 2.05) is 39.0 Å². The van der Waals surface area contributed by atoms with Crippen molar-refractivity contribution in [3.63, 3.8) is 0 Å². The summed E-state index contributed by atoms with van der Waals surface area (Å²) in [5, 5.41) is 3.49. The Balaban J connectivity index is 1.47. The van der Waals surface area contributed by atoms with Crippen LogP contribution in [-0.2, 0) is 38.5 Å². The lowest BCUT2D eigenvalue weighted by molar-refractivity contribution is -0.171. The lowest BCUT2D eigenvalue weighted by Crippen LogP contribution is -2.64. The topological polar surface area (TPSA) is 121 Å². The number of carbonyl (C=O) groups is 1. The maximum Gasteiger partial charge on any atom is 0.303 e. The highest BCUT2D eigenvalue weighted by atomic mass is 79.9. The van der Waals surface area contributed by atoms with Gasteiger partial charge in [0.25, 0.3) is 0 Å². The predicted octanol–water partition coefficient (Wildman–Crippen LogP) is 2.80. The minimum absolute atomic E-state index is 0.145. The molecule has 5 rings (SSSR count). The number of fused-ring (bicyclic) bond motifs is 2. The summed E-state index contributed by atoms with van der Waals surface area (Å²) in [6.45, 7) is 10.4. The van der Waals surface area contributed by atoms with E-state index in [9.17, 15) is 13.2 Å². The molecule has 1 aromatic rings.